The number of carbonyl (C=O) groups is 1. The molecular weight excluding hydrogens is 564 g/mol. The Kier molecular flexibility index (Phi) is 8.38. The van der Waals surface area contributed by atoms with E-state index in [0.29, 0.717) is 39.7 Å². The van der Waals surface area contributed by atoms with E-state index in [4.69, 9.17) is 24.9 Å². The number of ether oxygens (including phenoxy) is 3. The van der Waals surface area contributed by atoms with Crippen LogP contribution in [-0.2, 0) is 4.74 Å². The Balaban J connectivity index is 1.32. The molecule has 10 nitrogen and oxygen atoms in total. The third-order valence-corrected chi connectivity index (χ3v) is 9.27. The summed E-state index contributed by atoms with van der Waals surface area (Å²) in [6.07, 6.45) is 4.02. The number of nitrogens with zero attached hydrogens (tertiary/aromatic N) is 4. The minimum atomic E-state index is -0.520. The van der Waals surface area contributed by atoms with Crippen molar-refractivity contribution in [2.75, 3.05) is 50.7 Å². The second-order valence-electron chi connectivity index (χ2n) is 11.3. The lowest BCUT2D eigenvalue weighted by molar-refractivity contribution is -0.0705. The fraction of sp³-hybridized carbons (Fsp3) is 0.406. The van der Waals surface area contributed by atoms with Gasteiger partial charge in [0.25, 0.3) is 5.91 Å². The molecular formula is C32H38N6O4S. The zero-order valence-electron chi connectivity index (χ0n) is 25.0. The van der Waals surface area contributed by atoms with Crippen molar-refractivity contribution in [1.82, 2.24) is 14.9 Å². The summed E-state index contributed by atoms with van der Waals surface area (Å²) >= 11 is 1.28. The van der Waals surface area contributed by atoms with Crippen molar-refractivity contribution in [2.45, 2.75) is 44.9 Å². The van der Waals surface area contributed by atoms with Crippen LogP contribution < -0.4 is 25.4 Å². The van der Waals surface area contributed by atoms with Crippen LogP contribution in [-0.4, -0.2) is 79.4 Å². The SMILES string of the molecule is COc1ccccc1-c1c(C(N)=O)sc2cnc(Nc3ccc(N4CCC[C@@H](N(C)C5COC5)C4)cc3OC(C)C)nc12. The number of fused-ring (bicyclic) bond motifs is 1. The highest BCUT2D eigenvalue weighted by atomic mass is 32.1. The molecule has 0 bridgehead atoms. The van der Waals surface area contributed by atoms with Crippen molar-refractivity contribution in [1.29, 1.82) is 0 Å². The van der Waals surface area contributed by atoms with Crippen molar-refractivity contribution in [3.05, 3.63) is 53.5 Å². The first kappa shape index (κ1) is 29.2. The number of anilines is 3. The van der Waals surface area contributed by atoms with E-state index in [-0.39, 0.29) is 6.10 Å². The fourth-order valence-corrected chi connectivity index (χ4v) is 6.77. The second kappa shape index (κ2) is 12.4. The third-order valence-electron chi connectivity index (χ3n) is 8.14. The van der Waals surface area contributed by atoms with E-state index in [1.807, 2.05) is 44.2 Å². The first-order valence-corrected chi connectivity index (χ1v) is 15.5. The van der Waals surface area contributed by atoms with E-state index in [2.05, 4.69) is 39.3 Å². The summed E-state index contributed by atoms with van der Waals surface area (Å²) in [6, 6.07) is 14.8. The van der Waals surface area contributed by atoms with Gasteiger partial charge >= 0.3 is 0 Å². The average Bonchev–Trinajstić information content (AvgIpc) is 3.36. The molecule has 0 radical (unpaired) electrons. The van der Waals surface area contributed by atoms with Gasteiger partial charge < -0.3 is 30.2 Å². The van der Waals surface area contributed by atoms with Gasteiger partial charge in [-0.3, -0.25) is 9.69 Å². The van der Waals surface area contributed by atoms with E-state index in [1.165, 1.54) is 17.8 Å². The van der Waals surface area contributed by atoms with E-state index in [1.54, 1.807) is 13.3 Å². The number of primary amides is 1. The van der Waals surface area contributed by atoms with Crippen molar-refractivity contribution in [2.24, 2.45) is 5.73 Å². The summed E-state index contributed by atoms with van der Waals surface area (Å²) in [7, 11) is 3.82. The average molecular weight is 603 g/mol. The van der Waals surface area contributed by atoms with Gasteiger partial charge in [-0.1, -0.05) is 18.2 Å². The van der Waals surface area contributed by atoms with Crippen molar-refractivity contribution in [3.63, 3.8) is 0 Å². The van der Waals surface area contributed by atoms with Gasteiger partial charge in [-0.25, -0.2) is 9.97 Å². The molecule has 4 aromatic rings. The Morgan fingerprint density at radius 2 is 2.00 bits per heavy atom. The molecule has 0 saturated carbocycles. The number of piperidine rings is 1. The summed E-state index contributed by atoms with van der Waals surface area (Å²) < 4.78 is 18.1. The Labute approximate surface area is 255 Å². The smallest absolute Gasteiger partial charge is 0.259 e. The van der Waals surface area contributed by atoms with E-state index < -0.39 is 5.91 Å². The molecule has 0 aliphatic carbocycles. The summed E-state index contributed by atoms with van der Waals surface area (Å²) in [5.41, 5.74) is 9.71. The molecule has 3 N–H and O–H groups in total. The number of carbonyl (C=O) groups excluding carboxylic acids is 1. The number of para-hydroxylation sites is 1. The highest BCUT2D eigenvalue weighted by Gasteiger charge is 2.32. The molecule has 0 spiro atoms. The van der Waals surface area contributed by atoms with E-state index in [0.717, 1.165) is 60.1 Å². The number of hydrogen-bond acceptors (Lipinski definition) is 10. The predicted molar refractivity (Wildman–Crippen MR) is 171 cm³/mol. The van der Waals surface area contributed by atoms with Crippen LogP contribution in [0.25, 0.3) is 21.3 Å². The van der Waals surface area contributed by atoms with Crippen LogP contribution in [0.5, 0.6) is 11.5 Å². The maximum Gasteiger partial charge on any atom is 0.259 e. The van der Waals surface area contributed by atoms with Crippen LogP contribution in [0.15, 0.2) is 48.7 Å². The zero-order chi connectivity index (χ0) is 30.1. The Morgan fingerprint density at radius 3 is 2.72 bits per heavy atom. The van der Waals surface area contributed by atoms with Gasteiger partial charge in [-0.05, 0) is 51.9 Å². The Bertz CT molecular complexity index is 1620. The molecule has 43 heavy (non-hydrogen) atoms. The number of nitrogens with two attached hydrogens (primary N) is 1. The molecule has 2 aliphatic heterocycles. The van der Waals surface area contributed by atoms with Crippen LogP contribution in [0.4, 0.5) is 17.3 Å². The molecule has 1 atom stereocenters. The molecule has 226 valence electrons. The third kappa shape index (κ3) is 5.97. The number of aromatic nitrogens is 2. The quantitative estimate of drug-likeness (QED) is 0.250. The molecule has 4 heterocycles. The van der Waals surface area contributed by atoms with Gasteiger partial charge in [0, 0.05) is 42.0 Å². The first-order valence-electron chi connectivity index (χ1n) is 14.7. The molecule has 2 aliphatic rings. The zero-order valence-corrected chi connectivity index (χ0v) is 25.8. The summed E-state index contributed by atoms with van der Waals surface area (Å²) in [5, 5.41) is 3.37. The number of methoxy groups -OCH3 is 1. The lowest BCUT2D eigenvalue weighted by Crippen LogP contribution is -2.56. The summed E-state index contributed by atoms with van der Waals surface area (Å²) in [6.45, 7) is 7.65. The van der Waals surface area contributed by atoms with Gasteiger partial charge in [-0.15, -0.1) is 11.3 Å². The van der Waals surface area contributed by atoms with E-state index >= 15 is 0 Å². The number of amides is 1. The van der Waals surface area contributed by atoms with Crippen molar-refractivity contribution >= 4 is 44.8 Å². The normalized spacial score (nSPS) is 17.3. The number of nitrogens with one attached hydrogen (secondary N) is 1. The molecule has 0 unspecified atom stereocenters. The molecule has 6 rings (SSSR count). The standard InChI is InChI=1S/C32H38N6O4S/c1-19(2)42-26-14-20(38-13-7-8-21(16-38)37(3)22-17-41-18-22)11-12-24(26)35-32-34-15-27-29(36-32)28(30(43-27)31(33)39)23-9-5-6-10-25(23)40-4/h5-6,9-12,14-15,19,21-22H,7-8,13,16-18H2,1-4H3,(H2,33,39)(H,34,35,36)/t21-/m1/s1. The topological polar surface area (TPSA) is 115 Å². The summed E-state index contributed by atoms with van der Waals surface area (Å²) in [5.74, 6) is 1.23. The first-order chi connectivity index (χ1) is 20.8. The number of rotatable bonds is 10. The van der Waals surface area contributed by atoms with Gasteiger partial charge in [0.15, 0.2) is 0 Å². The Morgan fingerprint density at radius 1 is 1.19 bits per heavy atom. The van der Waals surface area contributed by atoms with Crippen molar-refractivity contribution in [3.8, 4) is 22.6 Å². The number of likely N-dealkylation sites (N-methyl/N-ethyl adjacent to an activating group) is 1. The molecule has 2 aromatic heterocycles. The molecule has 11 heteroatoms. The Hall–Kier alpha value is -3.93. The highest BCUT2D eigenvalue weighted by molar-refractivity contribution is 7.21. The van der Waals surface area contributed by atoms with Gasteiger partial charge in [-0.2, -0.15) is 0 Å². The van der Waals surface area contributed by atoms with Gasteiger partial charge in [0.05, 0.1) is 54.6 Å². The van der Waals surface area contributed by atoms with Crippen LogP contribution in [0, 0.1) is 0 Å². The maximum atomic E-state index is 12.5. The second-order valence-corrected chi connectivity index (χ2v) is 12.4. The fourth-order valence-electron chi connectivity index (χ4n) is 5.79. The highest BCUT2D eigenvalue weighted by Crippen LogP contribution is 2.42. The number of benzene rings is 2. The van der Waals surface area contributed by atoms with E-state index in [9.17, 15) is 4.79 Å². The minimum Gasteiger partial charge on any atom is -0.496 e. The predicted octanol–water partition coefficient (Wildman–Crippen LogP) is 5.30. The molecule has 1 amide bonds. The van der Waals surface area contributed by atoms with Crippen LogP contribution in [0.2, 0.25) is 0 Å². The number of hydrogen-bond donors (Lipinski definition) is 2. The molecule has 2 aromatic carbocycles. The maximum absolute atomic E-state index is 12.5. The van der Waals surface area contributed by atoms with Crippen molar-refractivity contribution < 1.29 is 19.0 Å². The molecule has 2 saturated heterocycles. The lowest BCUT2D eigenvalue weighted by Gasteiger charge is -2.44. The lowest BCUT2D eigenvalue weighted by atomic mass is 10.0. The van der Waals surface area contributed by atoms with Gasteiger partial charge in [0.1, 0.15) is 16.4 Å². The van der Waals surface area contributed by atoms with Crippen LogP contribution >= 0.6 is 11.3 Å². The van der Waals surface area contributed by atoms with Gasteiger partial charge in [0.2, 0.25) is 5.95 Å². The number of thiophene rings is 1. The monoisotopic (exact) mass is 602 g/mol. The largest absolute Gasteiger partial charge is 0.496 e. The summed E-state index contributed by atoms with van der Waals surface area (Å²) in [4.78, 5) is 27.2. The van der Waals surface area contributed by atoms with Crippen LogP contribution in [0.1, 0.15) is 36.4 Å². The van der Waals surface area contributed by atoms with Crippen LogP contribution in [0.3, 0.4) is 0 Å². The molecule has 2 fully saturated rings. The minimum absolute atomic E-state index is 0.0230.